The highest BCUT2D eigenvalue weighted by molar-refractivity contribution is 5.76. The zero-order valence-electron chi connectivity index (χ0n) is 11.6. The smallest absolute Gasteiger partial charge is 0.139 e. The molecular formula is C16H16N4O. The Morgan fingerprint density at radius 1 is 1.14 bits per heavy atom. The van der Waals surface area contributed by atoms with Crippen molar-refractivity contribution in [1.82, 2.24) is 20.2 Å². The van der Waals surface area contributed by atoms with Crippen LogP contribution in [-0.2, 0) is 6.54 Å². The quantitative estimate of drug-likeness (QED) is 0.738. The summed E-state index contributed by atoms with van der Waals surface area (Å²) in [6.07, 6.45) is 4.23. The summed E-state index contributed by atoms with van der Waals surface area (Å²) in [4.78, 5) is 6.98. The van der Waals surface area contributed by atoms with E-state index in [0.717, 1.165) is 41.8 Å². The van der Waals surface area contributed by atoms with Gasteiger partial charge in [0.1, 0.15) is 11.0 Å². The summed E-state index contributed by atoms with van der Waals surface area (Å²) in [7, 11) is 0. The number of fused-ring (bicyclic) bond motifs is 1. The second-order valence-corrected chi connectivity index (χ2v) is 5.43. The zero-order valence-corrected chi connectivity index (χ0v) is 11.6. The first-order valence-electron chi connectivity index (χ1n) is 7.27. The Bertz CT molecular complexity index is 740. The molecule has 0 radical (unpaired) electrons. The van der Waals surface area contributed by atoms with Crippen molar-refractivity contribution in [3.8, 4) is 0 Å². The predicted molar refractivity (Wildman–Crippen MR) is 78.4 cm³/mol. The minimum Gasteiger partial charge on any atom is -0.290 e. The first kappa shape index (κ1) is 12.5. The van der Waals surface area contributed by atoms with Crippen molar-refractivity contribution in [2.24, 2.45) is 0 Å². The van der Waals surface area contributed by atoms with Crippen molar-refractivity contribution in [3.63, 3.8) is 0 Å². The number of rotatable bonds is 3. The number of hydrogen-bond acceptors (Lipinski definition) is 5. The van der Waals surface area contributed by atoms with Crippen LogP contribution in [0.1, 0.15) is 30.1 Å². The molecule has 5 nitrogen and oxygen atoms in total. The lowest BCUT2D eigenvalue weighted by Crippen LogP contribution is -2.23. The number of aromatic nitrogens is 3. The summed E-state index contributed by atoms with van der Waals surface area (Å²) in [5.74, 6) is 0. The molecule has 5 heteroatoms. The minimum absolute atomic E-state index is 0.390. The van der Waals surface area contributed by atoms with Gasteiger partial charge in [0.25, 0.3) is 0 Å². The van der Waals surface area contributed by atoms with E-state index in [1.165, 1.54) is 6.42 Å². The maximum Gasteiger partial charge on any atom is 0.139 e. The summed E-state index contributed by atoms with van der Waals surface area (Å²) < 4.78 is 4.85. The zero-order chi connectivity index (χ0) is 14.1. The lowest BCUT2D eigenvalue weighted by atomic mass is 10.1. The van der Waals surface area contributed by atoms with Gasteiger partial charge < -0.3 is 0 Å². The van der Waals surface area contributed by atoms with Gasteiger partial charge in [-0.1, -0.05) is 18.2 Å². The average Bonchev–Trinajstić information content (AvgIpc) is 3.17. The van der Waals surface area contributed by atoms with Crippen LogP contribution in [0.3, 0.4) is 0 Å². The summed E-state index contributed by atoms with van der Waals surface area (Å²) >= 11 is 0. The Labute approximate surface area is 122 Å². The summed E-state index contributed by atoms with van der Waals surface area (Å²) in [6.45, 7) is 1.94. The van der Waals surface area contributed by atoms with Crippen LogP contribution in [0.2, 0.25) is 0 Å². The Kier molecular flexibility index (Phi) is 3.12. The van der Waals surface area contributed by atoms with Gasteiger partial charge in [0.2, 0.25) is 0 Å². The van der Waals surface area contributed by atoms with Crippen molar-refractivity contribution in [2.45, 2.75) is 25.4 Å². The molecule has 1 aliphatic rings. The van der Waals surface area contributed by atoms with E-state index in [2.05, 4.69) is 38.4 Å². The highest BCUT2D eigenvalue weighted by Gasteiger charge is 2.27. The molecule has 0 saturated carbocycles. The molecule has 1 atom stereocenters. The molecule has 1 fully saturated rings. The minimum atomic E-state index is 0.390. The Balaban J connectivity index is 1.63. The van der Waals surface area contributed by atoms with E-state index in [9.17, 15) is 0 Å². The average molecular weight is 280 g/mol. The molecule has 0 unspecified atom stereocenters. The molecule has 1 aliphatic heterocycles. The van der Waals surface area contributed by atoms with Crippen LogP contribution < -0.4 is 0 Å². The Hall–Kier alpha value is -2.27. The molecule has 1 saturated heterocycles. The van der Waals surface area contributed by atoms with Gasteiger partial charge in [0.05, 0.1) is 11.7 Å². The van der Waals surface area contributed by atoms with E-state index in [1.807, 2.05) is 24.4 Å². The monoisotopic (exact) mass is 280 g/mol. The summed E-state index contributed by atoms with van der Waals surface area (Å²) in [5, 5.41) is 7.94. The van der Waals surface area contributed by atoms with E-state index in [0.29, 0.717) is 6.04 Å². The summed E-state index contributed by atoms with van der Waals surface area (Å²) in [5.41, 5.74) is 4.00. The van der Waals surface area contributed by atoms with Crippen LogP contribution >= 0.6 is 0 Å². The fourth-order valence-corrected chi connectivity index (χ4v) is 3.13. The van der Waals surface area contributed by atoms with Crippen molar-refractivity contribution in [3.05, 3.63) is 53.9 Å². The first-order valence-corrected chi connectivity index (χ1v) is 7.27. The van der Waals surface area contributed by atoms with E-state index in [1.54, 1.807) is 0 Å². The maximum atomic E-state index is 4.85. The standard InChI is InChI=1S/C16H16N4O/c1-2-9-17-13(6-1)15-8-4-10-20(15)11-12-5-3-7-14-16(12)19-21-18-14/h1-3,5-7,9,15H,4,8,10-11H2/t15-/m0/s1. The van der Waals surface area contributed by atoms with Crippen LogP contribution in [0.15, 0.2) is 47.2 Å². The van der Waals surface area contributed by atoms with Crippen LogP contribution in [0.25, 0.3) is 11.0 Å². The molecule has 106 valence electrons. The highest BCUT2D eigenvalue weighted by atomic mass is 16.6. The second kappa shape index (κ2) is 5.26. The maximum absolute atomic E-state index is 4.85. The summed E-state index contributed by atoms with van der Waals surface area (Å²) in [6, 6.07) is 12.6. The molecule has 3 aromatic rings. The molecule has 3 heterocycles. The SMILES string of the molecule is c1ccc([C@@H]2CCCN2Cc2cccc3nonc23)nc1. The van der Waals surface area contributed by atoms with Crippen LogP contribution in [0.4, 0.5) is 0 Å². The van der Waals surface area contributed by atoms with Crippen molar-refractivity contribution in [2.75, 3.05) is 6.54 Å². The number of pyridine rings is 1. The first-order chi connectivity index (χ1) is 10.4. The van der Waals surface area contributed by atoms with E-state index >= 15 is 0 Å². The van der Waals surface area contributed by atoms with Crippen molar-refractivity contribution in [1.29, 1.82) is 0 Å². The molecule has 4 rings (SSSR count). The molecule has 0 spiro atoms. The number of likely N-dealkylation sites (tertiary alicyclic amines) is 1. The third kappa shape index (κ3) is 2.29. The molecule has 0 amide bonds. The van der Waals surface area contributed by atoms with Gasteiger partial charge in [0, 0.05) is 12.7 Å². The van der Waals surface area contributed by atoms with Gasteiger partial charge in [-0.3, -0.25) is 9.88 Å². The Morgan fingerprint density at radius 3 is 3.05 bits per heavy atom. The lowest BCUT2D eigenvalue weighted by Gasteiger charge is -2.24. The fourth-order valence-electron chi connectivity index (χ4n) is 3.13. The fraction of sp³-hybridized carbons (Fsp3) is 0.312. The largest absolute Gasteiger partial charge is 0.290 e. The topological polar surface area (TPSA) is 55.1 Å². The molecule has 21 heavy (non-hydrogen) atoms. The van der Waals surface area contributed by atoms with Gasteiger partial charge in [-0.15, -0.1) is 0 Å². The van der Waals surface area contributed by atoms with Gasteiger partial charge >= 0.3 is 0 Å². The second-order valence-electron chi connectivity index (χ2n) is 5.43. The van der Waals surface area contributed by atoms with Crippen LogP contribution in [-0.4, -0.2) is 26.7 Å². The Morgan fingerprint density at radius 2 is 2.14 bits per heavy atom. The van der Waals surface area contributed by atoms with Crippen molar-refractivity contribution < 1.29 is 4.63 Å². The van der Waals surface area contributed by atoms with E-state index in [4.69, 9.17) is 4.63 Å². The van der Waals surface area contributed by atoms with Gasteiger partial charge in [-0.05, 0) is 53.5 Å². The van der Waals surface area contributed by atoms with Crippen molar-refractivity contribution >= 4 is 11.0 Å². The third-order valence-electron chi connectivity index (χ3n) is 4.14. The predicted octanol–water partition coefficient (Wildman–Crippen LogP) is 2.95. The van der Waals surface area contributed by atoms with Gasteiger partial charge in [-0.2, -0.15) is 0 Å². The highest BCUT2D eigenvalue weighted by Crippen LogP contribution is 2.32. The van der Waals surface area contributed by atoms with Crippen LogP contribution in [0.5, 0.6) is 0 Å². The normalized spacial score (nSPS) is 19.3. The van der Waals surface area contributed by atoms with Gasteiger partial charge in [-0.25, -0.2) is 4.63 Å². The van der Waals surface area contributed by atoms with E-state index < -0.39 is 0 Å². The molecule has 2 aromatic heterocycles. The third-order valence-corrected chi connectivity index (χ3v) is 4.14. The lowest BCUT2D eigenvalue weighted by molar-refractivity contribution is 0.244. The molecule has 1 aromatic carbocycles. The molecule has 0 bridgehead atoms. The molecular weight excluding hydrogens is 264 g/mol. The molecule has 0 aliphatic carbocycles. The van der Waals surface area contributed by atoms with E-state index in [-0.39, 0.29) is 0 Å². The number of benzene rings is 1. The molecule has 0 N–H and O–H groups in total. The van der Waals surface area contributed by atoms with Crippen LogP contribution in [0, 0.1) is 0 Å². The number of hydrogen-bond donors (Lipinski definition) is 0. The van der Waals surface area contributed by atoms with Gasteiger partial charge in [0.15, 0.2) is 0 Å². The number of nitrogens with zero attached hydrogens (tertiary/aromatic N) is 4.